The fraction of sp³-hybridized carbons (Fsp3) is 0.273. The predicted molar refractivity (Wildman–Crippen MR) is 58.6 cm³/mol. The Balaban J connectivity index is 2.35. The number of halogens is 2. The summed E-state index contributed by atoms with van der Waals surface area (Å²) in [6, 6.07) is 6.24. The van der Waals surface area contributed by atoms with Gasteiger partial charge in [-0.2, -0.15) is 4.98 Å². The summed E-state index contributed by atoms with van der Waals surface area (Å²) in [6.07, 6.45) is 0.692. The standard InChI is InChI=1S/C11H10ClFN2O/c1-2-8(12)10-14-11(16-15-10)7-5-3-4-6-9(7)13/h3-6,8H,2H2,1H3. The highest BCUT2D eigenvalue weighted by Crippen LogP contribution is 2.25. The van der Waals surface area contributed by atoms with Gasteiger partial charge >= 0.3 is 0 Å². The van der Waals surface area contributed by atoms with Crippen LogP contribution in [0, 0.1) is 5.82 Å². The van der Waals surface area contributed by atoms with Gasteiger partial charge in [-0.05, 0) is 18.6 Å². The third kappa shape index (κ3) is 2.07. The fourth-order valence-electron chi connectivity index (χ4n) is 1.29. The van der Waals surface area contributed by atoms with Gasteiger partial charge in [-0.25, -0.2) is 4.39 Å². The number of alkyl halides is 1. The Labute approximate surface area is 97.2 Å². The number of rotatable bonds is 3. The first-order valence-electron chi connectivity index (χ1n) is 4.95. The van der Waals surface area contributed by atoms with Crippen LogP contribution in [0.15, 0.2) is 28.8 Å². The van der Waals surface area contributed by atoms with Crippen molar-refractivity contribution in [1.82, 2.24) is 10.1 Å². The van der Waals surface area contributed by atoms with E-state index in [1.807, 2.05) is 6.92 Å². The molecule has 0 aliphatic rings. The maximum Gasteiger partial charge on any atom is 0.260 e. The lowest BCUT2D eigenvalue weighted by atomic mass is 10.2. The molecule has 1 aromatic carbocycles. The Kier molecular flexibility index (Phi) is 3.19. The molecule has 0 aliphatic heterocycles. The molecular weight excluding hydrogens is 231 g/mol. The van der Waals surface area contributed by atoms with Crippen LogP contribution in [-0.4, -0.2) is 10.1 Å². The molecule has 0 spiro atoms. The molecular formula is C11H10ClFN2O. The van der Waals surface area contributed by atoms with Crippen LogP contribution in [-0.2, 0) is 0 Å². The normalized spacial score (nSPS) is 12.7. The average Bonchev–Trinajstić information content (AvgIpc) is 2.78. The molecule has 0 bridgehead atoms. The Hall–Kier alpha value is -1.42. The van der Waals surface area contributed by atoms with Gasteiger partial charge in [-0.15, -0.1) is 11.6 Å². The smallest absolute Gasteiger partial charge is 0.260 e. The highest BCUT2D eigenvalue weighted by atomic mass is 35.5. The molecule has 1 atom stereocenters. The second-order valence-corrected chi connectivity index (χ2v) is 3.84. The minimum absolute atomic E-state index is 0.159. The SMILES string of the molecule is CCC(Cl)c1noc(-c2ccccc2F)n1. The Morgan fingerprint density at radius 3 is 2.88 bits per heavy atom. The zero-order valence-electron chi connectivity index (χ0n) is 8.65. The minimum Gasteiger partial charge on any atom is -0.334 e. The maximum atomic E-state index is 13.4. The molecule has 1 aromatic heterocycles. The first-order valence-corrected chi connectivity index (χ1v) is 5.38. The van der Waals surface area contributed by atoms with E-state index in [1.54, 1.807) is 18.2 Å². The van der Waals surface area contributed by atoms with E-state index in [0.29, 0.717) is 17.8 Å². The highest BCUT2D eigenvalue weighted by molar-refractivity contribution is 6.20. The fourth-order valence-corrected chi connectivity index (χ4v) is 1.38. The Bertz CT molecular complexity index is 486. The molecule has 2 aromatic rings. The maximum absolute atomic E-state index is 13.4. The van der Waals surface area contributed by atoms with Gasteiger partial charge in [0.05, 0.1) is 10.9 Å². The predicted octanol–water partition coefficient (Wildman–Crippen LogP) is 3.57. The van der Waals surface area contributed by atoms with E-state index in [1.165, 1.54) is 6.07 Å². The number of aromatic nitrogens is 2. The van der Waals surface area contributed by atoms with E-state index >= 15 is 0 Å². The average molecular weight is 241 g/mol. The molecule has 0 fully saturated rings. The second-order valence-electron chi connectivity index (χ2n) is 3.31. The van der Waals surface area contributed by atoms with Crippen molar-refractivity contribution in [2.24, 2.45) is 0 Å². The summed E-state index contributed by atoms with van der Waals surface area (Å²) in [6.45, 7) is 1.91. The zero-order valence-corrected chi connectivity index (χ0v) is 9.41. The molecule has 0 saturated heterocycles. The Morgan fingerprint density at radius 1 is 1.44 bits per heavy atom. The molecule has 2 rings (SSSR count). The van der Waals surface area contributed by atoms with Crippen LogP contribution in [0.5, 0.6) is 0 Å². The van der Waals surface area contributed by atoms with Crippen LogP contribution in [0.2, 0.25) is 0 Å². The van der Waals surface area contributed by atoms with Crippen molar-refractivity contribution in [3.63, 3.8) is 0 Å². The van der Waals surface area contributed by atoms with Gasteiger partial charge in [-0.3, -0.25) is 0 Å². The van der Waals surface area contributed by atoms with Crippen molar-refractivity contribution in [2.45, 2.75) is 18.7 Å². The second kappa shape index (κ2) is 4.61. The minimum atomic E-state index is -0.389. The summed E-state index contributed by atoms with van der Waals surface area (Å²) in [4.78, 5) is 4.06. The number of hydrogen-bond donors (Lipinski definition) is 0. The van der Waals surface area contributed by atoms with Crippen LogP contribution >= 0.6 is 11.6 Å². The van der Waals surface area contributed by atoms with Crippen molar-refractivity contribution in [1.29, 1.82) is 0 Å². The van der Waals surface area contributed by atoms with Crippen molar-refractivity contribution < 1.29 is 8.91 Å². The lowest BCUT2D eigenvalue weighted by molar-refractivity contribution is 0.419. The molecule has 5 heteroatoms. The third-order valence-electron chi connectivity index (χ3n) is 2.18. The van der Waals surface area contributed by atoms with E-state index in [-0.39, 0.29) is 17.1 Å². The first-order chi connectivity index (χ1) is 7.72. The van der Waals surface area contributed by atoms with Crippen LogP contribution in [0.25, 0.3) is 11.5 Å². The van der Waals surface area contributed by atoms with Crippen LogP contribution in [0.3, 0.4) is 0 Å². The molecule has 0 amide bonds. The van der Waals surface area contributed by atoms with Gasteiger partial charge in [0.2, 0.25) is 0 Å². The van der Waals surface area contributed by atoms with Crippen molar-refractivity contribution in [2.75, 3.05) is 0 Å². The highest BCUT2D eigenvalue weighted by Gasteiger charge is 2.16. The summed E-state index contributed by atoms with van der Waals surface area (Å²) in [5, 5.41) is 3.42. The first kappa shape index (κ1) is 11.1. The van der Waals surface area contributed by atoms with Gasteiger partial charge in [-0.1, -0.05) is 24.2 Å². The summed E-state index contributed by atoms with van der Waals surface area (Å²) in [5.74, 6) is 0.162. The van der Waals surface area contributed by atoms with E-state index in [4.69, 9.17) is 16.1 Å². The largest absolute Gasteiger partial charge is 0.334 e. The van der Waals surface area contributed by atoms with Gasteiger partial charge < -0.3 is 4.52 Å². The van der Waals surface area contributed by atoms with E-state index in [9.17, 15) is 4.39 Å². The number of nitrogens with zero attached hydrogens (tertiary/aromatic N) is 2. The molecule has 1 unspecified atom stereocenters. The van der Waals surface area contributed by atoms with Gasteiger partial charge in [0.1, 0.15) is 5.82 Å². The quantitative estimate of drug-likeness (QED) is 0.770. The van der Waals surface area contributed by atoms with E-state index in [2.05, 4.69) is 10.1 Å². The van der Waals surface area contributed by atoms with Gasteiger partial charge in [0.15, 0.2) is 5.82 Å². The summed E-state index contributed by atoms with van der Waals surface area (Å²) < 4.78 is 18.4. The molecule has 0 radical (unpaired) electrons. The molecule has 0 aliphatic carbocycles. The number of hydrogen-bond acceptors (Lipinski definition) is 3. The summed E-state index contributed by atoms with van der Waals surface area (Å²) in [7, 11) is 0. The van der Waals surface area contributed by atoms with Crippen LogP contribution in [0.4, 0.5) is 4.39 Å². The van der Waals surface area contributed by atoms with Crippen molar-refractivity contribution >= 4 is 11.6 Å². The lowest BCUT2D eigenvalue weighted by Gasteiger charge is -1.97. The Morgan fingerprint density at radius 2 is 2.19 bits per heavy atom. The van der Waals surface area contributed by atoms with Gasteiger partial charge in [0.25, 0.3) is 5.89 Å². The van der Waals surface area contributed by atoms with Crippen molar-refractivity contribution in [3.8, 4) is 11.5 Å². The third-order valence-corrected chi connectivity index (χ3v) is 2.69. The molecule has 16 heavy (non-hydrogen) atoms. The lowest BCUT2D eigenvalue weighted by Crippen LogP contribution is -1.91. The monoisotopic (exact) mass is 240 g/mol. The topological polar surface area (TPSA) is 38.9 Å². The van der Waals surface area contributed by atoms with Gasteiger partial charge in [0, 0.05) is 0 Å². The molecule has 3 nitrogen and oxygen atoms in total. The zero-order chi connectivity index (χ0) is 11.5. The molecule has 0 N–H and O–H groups in total. The van der Waals surface area contributed by atoms with Crippen molar-refractivity contribution in [3.05, 3.63) is 35.9 Å². The van der Waals surface area contributed by atoms with E-state index in [0.717, 1.165) is 0 Å². The molecule has 1 heterocycles. The summed E-state index contributed by atoms with van der Waals surface area (Å²) >= 11 is 5.95. The van der Waals surface area contributed by atoms with Crippen LogP contribution < -0.4 is 0 Å². The van der Waals surface area contributed by atoms with Crippen LogP contribution in [0.1, 0.15) is 24.5 Å². The number of benzene rings is 1. The molecule has 84 valence electrons. The van der Waals surface area contributed by atoms with E-state index < -0.39 is 0 Å². The summed E-state index contributed by atoms with van der Waals surface area (Å²) in [5.41, 5.74) is 0.293. The molecule has 0 saturated carbocycles.